The van der Waals surface area contributed by atoms with Crippen LogP contribution in [0.5, 0.6) is 5.75 Å². The summed E-state index contributed by atoms with van der Waals surface area (Å²) in [6.45, 7) is 3.71. The van der Waals surface area contributed by atoms with Crippen molar-refractivity contribution in [3.05, 3.63) is 59.1 Å². The average molecular weight is 496 g/mol. The monoisotopic (exact) mass is 495 g/mol. The lowest BCUT2D eigenvalue weighted by Gasteiger charge is -2.31. The number of nitrogens with zero attached hydrogens (tertiary/aromatic N) is 2. The second kappa shape index (κ2) is 11.9. The molecule has 2 aromatic carbocycles. The Kier molecular flexibility index (Phi) is 9.55. The van der Waals surface area contributed by atoms with Crippen LogP contribution in [0.25, 0.3) is 0 Å². The maximum atomic E-state index is 13.4. The summed E-state index contributed by atoms with van der Waals surface area (Å²) in [5, 5.41) is 3.01. The van der Waals surface area contributed by atoms with Crippen molar-refractivity contribution in [1.82, 2.24) is 10.2 Å². The van der Waals surface area contributed by atoms with Crippen LogP contribution in [0.2, 0.25) is 5.02 Å². The van der Waals surface area contributed by atoms with Gasteiger partial charge in [0.05, 0.1) is 24.1 Å². The SMILES string of the molecule is CCCNC(=O)[C@H](C)N(Cc1ccccc1)C(=O)CN(c1ccc(OC)c(Cl)c1)S(C)(=O)=O. The molecule has 0 spiro atoms. The highest BCUT2D eigenvalue weighted by atomic mass is 35.5. The molecule has 0 saturated heterocycles. The molecule has 0 bridgehead atoms. The zero-order chi connectivity index (χ0) is 24.6. The molecule has 2 aromatic rings. The summed E-state index contributed by atoms with van der Waals surface area (Å²) in [5.74, 6) is -0.443. The number of benzene rings is 2. The van der Waals surface area contributed by atoms with Crippen LogP contribution in [-0.2, 0) is 26.2 Å². The van der Waals surface area contributed by atoms with Gasteiger partial charge in [0, 0.05) is 13.1 Å². The molecule has 8 nitrogen and oxygen atoms in total. The fraction of sp³-hybridized carbons (Fsp3) is 0.391. The van der Waals surface area contributed by atoms with Crippen LogP contribution in [0, 0.1) is 0 Å². The Balaban J connectivity index is 2.37. The van der Waals surface area contributed by atoms with E-state index in [0.717, 1.165) is 22.5 Å². The first-order valence-electron chi connectivity index (χ1n) is 10.5. The molecule has 2 amide bonds. The molecule has 0 aliphatic heterocycles. The van der Waals surface area contributed by atoms with E-state index in [4.69, 9.17) is 16.3 Å². The first-order valence-corrected chi connectivity index (χ1v) is 12.7. The Hall–Kier alpha value is -2.78. The second-order valence-corrected chi connectivity index (χ2v) is 9.88. The average Bonchev–Trinajstić information content (AvgIpc) is 2.78. The molecule has 1 N–H and O–H groups in total. The van der Waals surface area contributed by atoms with Gasteiger partial charge in [-0.3, -0.25) is 13.9 Å². The summed E-state index contributed by atoms with van der Waals surface area (Å²) in [4.78, 5) is 27.4. The number of hydrogen-bond donors (Lipinski definition) is 1. The Morgan fingerprint density at radius 3 is 2.36 bits per heavy atom. The second-order valence-electron chi connectivity index (χ2n) is 7.56. The first kappa shape index (κ1) is 26.5. The van der Waals surface area contributed by atoms with Crippen molar-refractivity contribution >= 4 is 39.1 Å². The minimum Gasteiger partial charge on any atom is -0.495 e. The Morgan fingerprint density at radius 1 is 1.15 bits per heavy atom. The van der Waals surface area contributed by atoms with Crippen molar-refractivity contribution in [1.29, 1.82) is 0 Å². The predicted octanol–water partition coefficient (Wildman–Crippen LogP) is 3.06. The van der Waals surface area contributed by atoms with Crippen LogP contribution in [0.4, 0.5) is 5.69 Å². The van der Waals surface area contributed by atoms with E-state index in [1.807, 2.05) is 37.3 Å². The lowest BCUT2D eigenvalue weighted by molar-refractivity contribution is -0.139. The van der Waals surface area contributed by atoms with Crippen LogP contribution in [-0.4, -0.2) is 57.6 Å². The minimum absolute atomic E-state index is 0.154. The zero-order valence-electron chi connectivity index (χ0n) is 19.2. The van der Waals surface area contributed by atoms with E-state index in [9.17, 15) is 18.0 Å². The summed E-state index contributed by atoms with van der Waals surface area (Å²) >= 11 is 6.18. The molecule has 33 heavy (non-hydrogen) atoms. The third kappa shape index (κ3) is 7.36. The van der Waals surface area contributed by atoms with Gasteiger partial charge in [0.15, 0.2) is 0 Å². The van der Waals surface area contributed by atoms with Gasteiger partial charge in [-0.05, 0) is 37.1 Å². The summed E-state index contributed by atoms with van der Waals surface area (Å²) in [5.41, 5.74) is 1.04. The van der Waals surface area contributed by atoms with Gasteiger partial charge in [0.25, 0.3) is 0 Å². The molecule has 1 atom stereocenters. The van der Waals surface area contributed by atoms with Crippen LogP contribution in [0.3, 0.4) is 0 Å². The highest BCUT2D eigenvalue weighted by molar-refractivity contribution is 7.92. The van der Waals surface area contributed by atoms with Gasteiger partial charge in [0.2, 0.25) is 21.8 Å². The molecule has 0 aliphatic rings. The number of carbonyl (C=O) groups is 2. The maximum Gasteiger partial charge on any atom is 0.244 e. The van der Waals surface area contributed by atoms with Crippen molar-refractivity contribution in [3.63, 3.8) is 0 Å². The van der Waals surface area contributed by atoms with E-state index in [1.54, 1.807) is 6.92 Å². The van der Waals surface area contributed by atoms with E-state index >= 15 is 0 Å². The number of rotatable bonds is 11. The zero-order valence-corrected chi connectivity index (χ0v) is 20.8. The van der Waals surface area contributed by atoms with Gasteiger partial charge < -0.3 is 15.0 Å². The smallest absolute Gasteiger partial charge is 0.244 e. The number of sulfonamides is 1. The van der Waals surface area contributed by atoms with E-state index in [0.29, 0.717) is 12.3 Å². The fourth-order valence-electron chi connectivity index (χ4n) is 3.18. The maximum absolute atomic E-state index is 13.4. The topological polar surface area (TPSA) is 96.0 Å². The summed E-state index contributed by atoms with van der Waals surface area (Å²) < 4.78 is 31.2. The molecule has 0 aromatic heterocycles. The lowest BCUT2D eigenvalue weighted by atomic mass is 10.1. The lowest BCUT2D eigenvalue weighted by Crippen LogP contribution is -2.51. The van der Waals surface area contributed by atoms with Gasteiger partial charge in [-0.2, -0.15) is 0 Å². The van der Waals surface area contributed by atoms with Crippen LogP contribution < -0.4 is 14.4 Å². The number of anilines is 1. The summed E-state index contributed by atoms with van der Waals surface area (Å²) in [6.07, 6.45) is 1.77. The van der Waals surface area contributed by atoms with E-state index in [2.05, 4.69) is 5.32 Å². The number of hydrogen-bond acceptors (Lipinski definition) is 5. The van der Waals surface area contributed by atoms with Crippen LogP contribution >= 0.6 is 11.6 Å². The Morgan fingerprint density at radius 2 is 1.82 bits per heavy atom. The molecular weight excluding hydrogens is 466 g/mol. The van der Waals surface area contributed by atoms with E-state index < -0.39 is 28.5 Å². The molecule has 0 unspecified atom stereocenters. The van der Waals surface area contributed by atoms with Crippen molar-refractivity contribution in [3.8, 4) is 5.75 Å². The van der Waals surface area contributed by atoms with Crippen molar-refractivity contribution in [2.24, 2.45) is 0 Å². The molecule has 0 fully saturated rings. The third-order valence-corrected chi connectivity index (χ3v) is 6.45. The largest absolute Gasteiger partial charge is 0.495 e. The number of nitrogens with one attached hydrogen (secondary N) is 1. The van der Waals surface area contributed by atoms with Crippen molar-refractivity contribution in [2.45, 2.75) is 32.9 Å². The minimum atomic E-state index is -3.83. The summed E-state index contributed by atoms with van der Waals surface area (Å²) in [6, 6.07) is 12.9. The Labute approximate surface area is 200 Å². The highest BCUT2D eigenvalue weighted by Crippen LogP contribution is 2.30. The molecule has 2 rings (SSSR count). The number of methoxy groups -OCH3 is 1. The molecule has 0 heterocycles. The summed E-state index contributed by atoms with van der Waals surface area (Å²) in [7, 11) is -2.38. The molecule has 0 aliphatic carbocycles. The standard InChI is InChI=1S/C23H30ClN3O5S/c1-5-13-25-23(29)17(2)26(15-18-9-7-6-8-10-18)22(28)16-27(33(4,30)31)19-11-12-21(32-3)20(24)14-19/h6-12,14,17H,5,13,15-16H2,1-4H3,(H,25,29)/t17-/m0/s1. The molecular formula is C23H30ClN3O5S. The van der Waals surface area contributed by atoms with Gasteiger partial charge in [-0.25, -0.2) is 8.42 Å². The van der Waals surface area contributed by atoms with Gasteiger partial charge in [-0.1, -0.05) is 48.9 Å². The van der Waals surface area contributed by atoms with Crippen molar-refractivity contribution in [2.75, 3.05) is 30.8 Å². The number of amides is 2. The third-order valence-electron chi connectivity index (χ3n) is 5.01. The van der Waals surface area contributed by atoms with E-state index in [-0.39, 0.29) is 23.2 Å². The van der Waals surface area contributed by atoms with Gasteiger partial charge in [0.1, 0.15) is 18.3 Å². The molecule has 180 valence electrons. The highest BCUT2D eigenvalue weighted by Gasteiger charge is 2.30. The number of halogens is 1. The number of ether oxygens (including phenoxy) is 1. The number of carbonyl (C=O) groups excluding carboxylic acids is 2. The molecule has 0 saturated carbocycles. The van der Waals surface area contributed by atoms with E-state index in [1.165, 1.54) is 30.2 Å². The van der Waals surface area contributed by atoms with Crippen molar-refractivity contribution < 1.29 is 22.7 Å². The first-order chi connectivity index (χ1) is 15.6. The molecule has 10 heteroatoms. The van der Waals surface area contributed by atoms with Crippen LogP contribution in [0.15, 0.2) is 48.5 Å². The normalized spacial score (nSPS) is 12.0. The van der Waals surface area contributed by atoms with Gasteiger partial charge >= 0.3 is 0 Å². The Bertz CT molecular complexity index is 1060. The quantitative estimate of drug-likeness (QED) is 0.517. The van der Waals surface area contributed by atoms with Crippen LogP contribution in [0.1, 0.15) is 25.8 Å². The molecule has 0 radical (unpaired) electrons. The fourth-order valence-corrected chi connectivity index (χ4v) is 4.28. The predicted molar refractivity (Wildman–Crippen MR) is 130 cm³/mol. The van der Waals surface area contributed by atoms with Gasteiger partial charge in [-0.15, -0.1) is 0 Å².